The summed E-state index contributed by atoms with van der Waals surface area (Å²) in [6.07, 6.45) is 4.15. The van der Waals surface area contributed by atoms with Crippen molar-refractivity contribution in [3.63, 3.8) is 0 Å². The number of hydrogen-bond donors (Lipinski definition) is 0. The summed E-state index contributed by atoms with van der Waals surface area (Å²) in [6.45, 7) is 0.248. The van der Waals surface area contributed by atoms with Crippen LogP contribution in [0, 0.1) is 0 Å². The van der Waals surface area contributed by atoms with Crippen molar-refractivity contribution in [2.45, 2.75) is 0 Å². The third kappa shape index (κ3) is 4.23. The first-order chi connectivity index (χ1) is 9.29. The van der Waals surface area contributed by atoms with E-state index in [-0.39, 0.29) is 6.79 Å². The number of halogens is 1. The fourth-order valence-corrected chi connectivity index (χ4v) is 2.13. The zero-order valence-corrected chi connectivity index (χ0v) is 12.3. The summed E-state index contributed by atoms with van der Waals surface area (Å²) < 4.78 is 11.2. The van der Waals surface area contributed by atoms with Crippen LogP contribution in [0.3, 0.4) is 0 Å². The summed E-state index contributed by atoms with van der Waals surface area (Å²) in [4.78, 5) is 0. The molecule has 0 atom stereocenters. The van der Waals surface area contributed by atoms with E-state index in [9.17, 15) is 0 Å². The first-order valence-corrected chi connectivity index (χ1v) is 6.73. The highest BCUT2D eigenvalue weighted by molar-refractivity contribution is 9.10. The van der Waals surface area contributed by atoms with E-state index in [0.29, 0.717) is 0 Å². The van der Waals surface area contributed by atoms with E-state index >= 15 is 0 Å². The standard InChI is InChI=1S/C16H15BrO2/c1-18-12-19-16-10-9-14(11-15(16)17)8-7-13-5-3-2-4-6-13/h2-11H,12H2,1H3/b8-7+. The van der Waals surface area contributed by atoms with Gasteiger partial charge in [0, 0.05) is 7.11 Å². The molecule has 0 aliphatic carbocycles. The van der Waals surface area contributed by atoms with Gasteiger partial charge in [-0.05, 0) is 39.2 Å². The first-order valence-electron chi connectivity index (χ1n) is 5.94. The molecule has 0 bridgehead atoms. The van der Waals surface area contributed by atoms with Crippen LogP contribution in [-0.4, -0.2) is 13.9 Å². The Hall–Kier alpha value is -1.58. The minimum atomic E-state index is 0.248. The molecule has 19 heavy (non-hydrogen) atoms. The molecule has 0 aliphatic rings. The molecule has 0 saturated carbocycles. The molecule has 2 aromatic rings. The average molecular weight is 319 g/mol. The molecule has 0 radical (unpaired) electrons. The highest BCUT2D eigenvalue weighted by atomic mass is 79.9. The lowest BCUT2D eigenvalue weighted by atomic mass is 10.1. The molecular formula is C16H15BrO2. The molecule has 2 aromatic carbocycles. The van der Waals surface area contributed by atoms with E-state index in [4.69, 9.17) is 9.47 Å². The molecule has 2 nitrogen and oxygen atoms in total. The SMILES string of the molecule is COCOc1ccc(/C=C/c2ccccc2)cc1Br. The third-order valence-electron chi connectivity index (χ3n) is 2.56. The Morgan fingerprint density at radius 3 is 2.42 bits per heavy atom. The maximum atomic E-state index is 5.41. The van der Waals surface area contributed by atoms with Crippen LogP contribution in [0.1, 0.15) is 11.1 Å². The molecule has 0 amide bonds. The second-order valence-electron chi connectivity index (χ2n) is 3.98. The molecule has 2 rings (SSSR count). The minimum absolute atomic E-state index is 0.248. The Kier molecular flexibility index (Phi) is 5.19. The summed E-state index contributed by atoms with van der Waals surface area (Å²) in [7, 11) is 1.60. The van der Waals surface area contributed by atoms with Gasteiger partial charge in [-0.15, -0.1) is 0 Å². The molecule has 0 aromatic heterocycles. The molecule has 0 heterocycles. The van der Waals surface area contributed by atoms with Gasteiger partial charge >= 0.3 is 0 Å². The molecule has 0 spiro atoms. The smallest absolute Gasteiger partial charge is 0.188 e. The Balaban J connectivity index is 2.10. The minimum Gasteiger partial charge on any atom is -0.466 e. The van der Waals surface area contributed by atoms with Gasteiger partial charge in [0.1, 0.15) is 5.75 Å². The quantitative estimate of drug-likeness (QED) is 0.592. The van der Waals surface area contributed by atoms with Crippen molar-refractivity contribution >= 4 is 28.1 Å². The number of ether oxygens (including phenoxy) is 2. The lowest BCUT2D eigenvalue weighted by Crippen LogP contribution is -1.99. The van der Waals surface area contributed by atoms with Gasteiger partial charge in [0.15, 0.2) is 6.79 Å². The molecule has 0 fully saturated rings. The Labute approximate surface area is 121 Å². The Morgan fingerprint density at radius 2 is 1.74 bits per heavy atom. The maximum Gasteiger partial charge on any atom is 0.188 e. The fraction of sp³-hybridized carbons (Fsp3) is 0.125. The van der Waals surface area contributed by atoms with Crippen LogP contribution in [0.25, 0.3) is 12.2 Å². The monoisotopic (exact) mass is 318 g/mol. The van der Waals surface area contributed by atoms with E-state index in [1.807, 2.05) is 36.4 Å². The molecule has 0 aliphatic heterocycles. The summed E-state index contributed by atoms with van der Waals surface area (Å²) in [5.41, 5.74) is 2.29. The second kappa shape index (κ2) is 7.12. The van der Waals surface area contributed by atoms with E-state index < -0.39 is 0 Å². The zero-order valence-electron chi connectivity index (χ0n) is 10.7. The number of benzene rings is 2. The summed E-state index contributed by atoms with van der Waals surface area (Å²) in [6, 6.07) is 16.2. The molecule has 98 valence electrons. The maximum absolute atomic E-state index is 5.41. The largest absolute Gasteiger partial charge is 0.466 e. The summed E-state index contributed by atoms with van der Waals surface area (Å²) >= 11 is 3.49. The van der Waals surface area contributed by atoms with Gasteiger partial charge in [-0.25, -0.2) is 0 Å². The van der Waals surface area contributed by atoms with Gasteiger partial charge < -0.3 is 9.47 Å². The predicted octanol–water partition coefficient (Wildman–Crippen LogP) is 4.60. The average Bonchev–Trinajstić information content (AvgIpc) is 2.45. The fourth-order valence-electron chi connectivity index (χ4n) is 1.62. The number of hydrogen-bond acceptors (Lipinski definition) is 2. The third-order valence-corrected chi connectivity index (χ3v) is 3.18. The highest BCUT2D eigenvalue weighted by Gasteiger charge is 2.00. The topological polar surface area (TPSA) is 18.5 Å². The van der Waals surface area contributed by atoms with Gasteiger partial charge in [0.25, 0.3) is 0 Å². The van der Waals surface area contributed by atoms with E-state index in [2.05, 4.69) is 40.2 Å². The van der Waals surface area contributed by atoms with Crippen molar-refractivity contribution in [2.24, 2.45) is 0 Å². The zero-order chi connectivity index (χ0) is 13.5. The van der Waals surface area contributed by atoms with Gasteiger partial charge in [-0.1, -0.05) is 48.6 Å². The van der Waals surface area contributed by atoms with Crippen molar-refractivity contribution in [1.82, 2.24) is 0 Å². The van der Waals surface area contributed by atoms with Crippen molar-refractivity contribution in [2.75, 3.05) is 13.9 Å². The van der Waals surface area contributed by atoms with E-state index in [1.54, 1.807) is 7.11 Å². The van der Waals surface area contributed by atoms with Crippen LogP contribution in [0.5, 0.6) is 5.75 Å². The molecule has 0 N–H and O–H groups in total. The van der Waals surface area contributed by atoms with Crippen LogP contribution in [0.2, 0.25) is 0 Å². The molecule has 0 saturated heterocycles. The first kappa shape index (κ1) is 13.8. The second-order valence-corrected chi connectivity index (χ2v) is 4.84. The number of rotatable bonds is 5. The van der Waals surface area contributed by atoms with E-state index in [0.717, 1.165) is 15.8 Å². The normalized spacial score (nSPS) is 10.8. The van der Waals surface area contributed by atoms with Crippen LogP contribution in [0.15, 0.2) is 53.0 Å². The summed E-state index contributed by atoms with van der Waals surface area (Å²) in [5, 5.41) is 0. The van der Waals surface area contributed by atoms with Crippen LogP contribution in [-0.2, 0) is 4.74 Å². The van der Waals surface area contributed by atoms with Gasteiger partial charge in [0.05, 0.1) is 4.47 Å². The predicted molar refractivity (Wildman–Crippen MR) is 82.0 cm³/mol. The van der Waals surface area contributed by atoms with Crippen molar-refractivity contribution in [3.8, 4) is 5.75 Å². The van der Waals surface area contributed by atoms with Crippen molar-refractivity contribution in [1.29, 1.82) is 0 Å². The van der Waals surface area contributed by atoms with Gasteiger partial charge in [-0.2, -0.15) is 0 Å². The molecule has 0 unspecified atom stereocenters. The Morgan fingerprint density at radius 1 is 1.00 bits per heavy atom. The Bertz CT molecular complexity index is 550. The number of methoxy groups -OCH3 is 1. The van der Waals surface area contributed by atoms with Crippen molar-refractivity contribution in [3.05, 3.63) is 64.1 Å². The molecular weight excluding hydrogens is 304 g/mol. The lowest BCUT2D eigenvalue weighted by molar-refractivity contribution is 0.0506. The summed E-state index contributed by atoms with van der Waals surface area (Å²) in [5.74, 6) is 0.777. The highest BCUT2D eigenvalue weighted by Crippen LogP contribution is 2.26. The van der Waals surface area contributed by atoms with Gasteiger partial charge in [0.2, 0.25) is 0 Å². The van der Waals surface area contributed by atoms with Crippen molar-refractivity contribution < 1.29 is 9.47 Å². The van der Waals surface area contributed by atoms with Crippen LogP contribution < -0.4 is 4.74 Å². The molecule has 3 heteroatoms. The van der Waals surface area contributed by atoms with Crippen LogP contribution >= 0.6 is 15.9 Å². The lowest BCUT2D eigenvalue weighted by Gasteiger charge is -2.07. The van der Waals surface area contributed by atoms with Gasteiger partial charge in [-0.3, -0.25) is 0 Å². The van der Waals surface area contributed by atoms with Crippen LogP contribution in [0.4, 0.5) is 0 Å². The van der Waals surface area contributed by atoms with E-state index in [1.165, 1.54) is 5.56 Å².